The third kappa shape index (κ3) is 4.82. The predicted octanol–water partition coefficient (Wildman–Crippen LogP) is 1.39. The quantitative estimate of drug-likeness (QED) is 0.284. The lowest BCUT2D eigenvalue weighted by Gasteiger charge is -2.16. The lowest BCUT2D eigenvalue weighted by Crippen LogP contribution is -2.32. The number of aliphatic hydroxyl groups excluding tert-OH is 2. The second kappa shape index (κ2) is 10.2. The molecule has 4 aromatic rings. The molecule has 2 amide bonds. The van der Waals surface area contributed by atoms with Crippen LogP contribution in [0.1, 0.15) is 35.2 Å². The van der Waals surface area contributed by atoms with E-state index in [9.17, 15) is 19.8 Å². The van der Waals surface area contributed by atoms with Crippen molar-refractivity contribution in [3.63, 3.8) is 0 Å². The van der Waals surface area contributed by atoms with Gasteiger partial charge in [0, 0.05) is 12.0 Å². The number of amides is 2. The van der Waals surface area contributed by atoms with Crippen molar-refractivity contribution in [2.24, 2.45) is 0 Å². The molecule has 0 bridgehead atoms. The summed E-state index contributed by atoms with van der Waals surface area (Å²) in [4.78, 5) is 37.4. The maximum Gasteiger partial charge on any atom is 0.256 e. The fourth-order valence-corrected chi connectivity index (χ4v) is 4.06. The molecule has 4 N–H and O–H groups in total. The number of ether oxygens (including phenoxy) is 1. The molecule has 1 aliphatic heterocycles. The first-order valence-corrected chi connectivity index (χ1v) is 11.4. The first-order valence-electron chi connectivity index (χ1n) is 11.4. The van der Waals surface area contributed by atoms with Crippen LogP contribution >= 0.6 is 0 Å². The number of hydrogen-bond acceptors (Lipinski definition) is 9. The van der Waals surface area contributed by atoms with Crippen LogP contribution in [-0.2, 0) is 16.1 Å². The fourth-order valence-electron chi connectivity index (χ4n) is 4.06. The highest BCUT2D eigenvalue weighted by atomic mass is 16.6. The number of anilines is 1. The maximum atomic E-state index is 12.6. The van der Waals surface area contributed by atoms with Crippen LogP contribution in [0.4, 0.5) is 5.82 Å². The van der Waals surface area contributed by atoms with Gasteiger partial charge < -0.3 is 30.0 Å². The number of carbonyl (C=O) groups is 2. The lowest BCUT2D eigenvalue weighted by molar-refractivity contribution is -0.122. The third-order valence-electron chi connectivity index (χ3n) is 5.93. The van der Waals surface area contributed by atoms with Gasteiger partial charge >= 0.3 is 0 Å². The fraction of sp³-hybridized carbons (Fsp3) is 0.292. The molecule has 4 heterocycles. The molecule has 186 valence electrons. The summed E-state index contributed by atoms with van der Waals surface area (Å²) < 4.78 is 12.6. The number of fused-ring (bicyclic) bond motifs is 1. The van der Waals surface area contributed by atoms with Crippen LogP contribution in [0.2, 0.25) is 0 Å². The molecule has 0 spiro atoms. The predicted molar refractivity (Wildman–Crippen MR) is 125 cm³/mol. The molecule has 4 atom stereocenters. The van der Waals surface area contributed by atoms with Crippen LogP contribution in [0.5, 0.6) is 0 Å². The first kappa shape index (κ1) is 23.6. The minimum absolute atomic E-state index is 0.0877. The van der Waals surface area contributed by atoms with E-state index in [1.165, 1.54) is 23.5 Å². The molecule has 1 saturated heterocycles. The average Bonchev–Trinajstić information content (AvgIpc) is 3.63. The number of aromatic nitrogens is 4. The van der Waals surface area contributed by atoms with Gasteiger partial charge in [-0.2, -0.15) is 0 Å². The Kier molecular flexibility index (Phi) is 6.71. The van der Waals surface area contributed by atoms with Crippen molar-refractivity contribution in [2.75, 3.05) is 5.32 Å². The summed E-state index contributed by atoms with van der Waals surface area (Å²) in [6.07, 6.45) is 0.195. The van der Waals surface area contributed by atoms with Crippen molar-refractivity contribution >= 4 is 28.8 Å². The Balaban J connectivity index is 1.26. The Hall–Kier alpha value is -4.13. The largest absolute Gasteiger partial charge is 0.467 e. The van der Waals surface area contributed by atoms with E-state index in [2.05, 4.69) is 25.6 Å². The van der Waals surface area contributed by atoms with E-state index in [0.29, 0.717) is 22.5 Å². The molecule has 0 radical (unpaired) electrons. The molecule has 0 aliphatic carbocycles. The van der Waals surface area contributed by atoms with Gasteiger partial charge in [-0.05, 0) is 30.7 Å². The number of aliphatic hydroxyl groups is 2. The van der Waals surface area contributed by atoms with Crippen molar-refractivity contribution < 1.29 is 29.0 Å². The van der Waals surface area contributed by atoms with Gasteiger partial charge in [0.05, 0.1) is 25.2 Å². The van der Waals surface area contributed by atoms with Gasteiger partial charge in [0.15, 0.2) is 23.2 Å². The van der Waals surface area contributed by atoms with Gasteiger partial charge in [-0.3, -0.25) is 14.2 Å². The van der Waals surface area contributed by atoms with Crippen molar-refractivity contribution in [2.45, 2.75) is 43.9 Å². The number of nitrogens with zero attached hydrogens (tertiary/aromatic N) is 4. The van der Waals surface area contributed by atoms with E-state index >= 15 is 0 Å². The molecule has 12 heteroatoms. The number of furan rings is 1. The van der Waals surface area contributed by atoms with Gasteiger partial charge in [-0.25, -0.2) is 15.0 Å². The zero-order valence-electron chi connectivity index (χ0n) is 19.0. The summed E-state index contributed by atoms with van der Waals surface area (Å²) in [7, 11) is 0. The number of imidazole rings is 1. The molecule has 3 aromatic heterocycles. The molecule has 1 aliphatic rings. The SMILES string of the molecule is O=C(CC[C@H]1O[C@@H](n2cnc3c(NC(=O)c4ccccc4)ncnc32)[C@H](O)[C@@H]1O)NCc1ccco1. The average molecular weight is 492 g/mol. The van der Waals surface area contributed by atoms with Crippen LogP contribution in [0.15, 0.2) is 65.8 Å². The monoisotopic (exact) mass is 492 g/mol. The summed E-state index contributed by atoms with van der Waals surface area (Å²) in [6, 6.07) is 12.1. The highest BCUT2D eigenvalue weighted by Crippen LogP contribution is 2.34. The lowest BCUT2D eigenvalue weighted by atomic mass is 10.1. The molecule has 0 saturated carbocycles. The summed E-state index contributed by atoms with van der Waals surface area (Å²) >= 11 is 0. The van der Waals surface area contributed by atoms with Crippen LogP contribution < -0.4 is 10.6 Å². The summed E-state index contributed by atoms with van der Waals surface area (Å²) in [5.74, 6) is 0.234. The Bertz CT molecular complexity index is 1340. The Morgan fingerprint density at radius 2 is 1.86 bits per heavy atom. The molecular formula is C24H24N6O6. The van der Waals surface area contributed by atoms with Crippen LogP contribution in [0, 0.1) is 0 Å². The maximum absolute atomic E-state index is 12.6. The second-order valence-electron chi connectivity index (χ2n) is 8.31. The number of benzene rings is 1. The number of rotatable bonds is 8. The minimum atomic E-state index is -1.28. The third-order valence-corrected chi connectivity index (χ3v) is 5.93. The molecule has 0 unspecified atom stereocenters. The smallest absolute Gasteiger partial charge is 0.256 e. The standard InChI is InChI=1S/C24H24N6O6/c31-17(25-11-15-7-4-10-35-15)9-8-16-19(32)20(33)24(36-16)30-13-28-18-21(26-12-27-22(18)30)29-23(34)14-5-2-1-3-6-14/h1-7,10,12-13,16,19-20,24,32-33H,8-9,11H2,(H,25,31)(H,26,27,29,34)/t16-,19-,20-,24-/m1/s1. The normalized spacial score (nSPS) is 21.5. The zero-order chi connectivity index (χ0) is 25.1. The van der Waals surface area contributed by atoms with E-state index < -0.39 is 24.5 Å². The van der Waals surface area contributed by atoms with Gasteiger partial charge in [0.2, 0.25) is 5.91 Å². The Labute approximate surface area is 205 Å². The second-order valence-corrected chi connectivity index (χ2v) is 8.31. The van der Waals surface area contributed by atoms with Crippen molar-refractivity contribution in [1.29, 1.82) is 0 Å². The van der Waals surface area contributed by atoms with Crippen LogP contribution in [-0.4, -0.2) is 59.9 Å². The Morgan fingerprint density at radius 3 is 2.64 bits per heavy atom. The van der Waals surface area contributed by atoms with Crippen LogP contribution in [0.3, 0.4) is 0 Å². The topological polar surface area (TPSA) is 165 Å². The Morgan fingerprint density at radius 1 is 1.03 bits per heavy atom. The van der Waals surface area contributed by atoms with E-state index in [4.69, 9.17) is 9.15 Å². The van der Waals surface area contributed by atoms with Crippen LogP contribution in [0.25, 0.3) is 11.2 Å². The van der Waals surface area contributed by atoms with Crippen molar-refractivity contribution in [3.05, 3.63) is 72.7 Å². The summed E-state index contributed by atoms with van der Waals surface area (Å²) in [6.45, 7) is 0.259. The van der Waals surface area contributed by atoms with E-state index in [0.717, 1.165) is 0 Å². The molecule has 12 nitrogen and oxygen atoms in total. The van der Waals surface area contributed by atoms with E-state index in [1.807, 2.05) is 6.07 Å². The molecule has 1 aromatic carbocycles. The van der Waals surface area contributed by atoms with Gasteiger partial charge in [-0.1, -0.05) is 18.2 Å². The van der Waals surface area contributed by atoms with E-state index in [-0.39, 0.29) is 37.0 Å². The van der Waals surface area contributed by atoms with Gasteiger partial charge in [0.1, 0.15) is 24.3 Å². The van der Waals surface area contributed by atoms with Crippen molar-refractivity contribution in [1.82, 2.24) is 24.8 Å². The number of nitrogens with one attached hydrogen (secondary N) is 2. The highest BCUT2D eigenvalue weighted by Gasteiger charge is 2.44. The molecule has 36 heavy (non-hydrogen) atoms. The highest BCUT2D eigenvalue weighted by molar-refractivity contribution is 6.06. The van der Waals surface area contributed by atoms with Gasteiger partial charge in [-0.15, -0.1) is 0 Å². The summed E-state index contributed by atoms with van der Waals surface area (Å²) in [5, 5.41) is 26.7. The van der Waals surface area contributed by atoms with Gasteiger partial charge in [0.25, 0.3) is 5.91 Å². The minimum Gasteiger partial charge on any atom is -0.467 e. The molecule has 5 rings (SSSR count). The van der Waals surface area contributed by atoms with Crippen molar-refractivity contribution in [3.8, 4) is 0 Å². The zero-order valence-corrected chi connectivity index (χ0v) is 19.0. The molecular weight excluding hydrogens is 468 g/mol. The summed E-state index contributed by atoms with van der Waals surface area (Å²) in [5.41, 5.74) is 1.06. The number of hydrogen-bond donors (Lipinski definition) is 4. The van der Waals surface area contributed by atoms with E-state index in [1.54, 1.807) is 36.4 Å². The number of carbonyl (C=O) groups excluding carboxylic acids is 2. The molecule has 1 fully saturated rings. The first-order chi connectivity index (χ1) is 17.5.